The molecule has 0 aliphatic heterocycles. The molecule has 0 atom stereocenters. The van der Waals surface area contributed by atoms with Crippen LogP contribution in [0.5, 0.6) is 0 Å². The molecule has 14 heavy (non-hydrogen) atoms. The van der Waals surface area contributed by atoms with Gasteiger partial charge in [-0.1, -0.05) is 13.8 Å². The van der Waals surface area contributed by atoms with Crippen LogP contribution in [0.3, 0.4) is 0 Å². The van der Waals surface area contributed by atoms with Crippen molar-refractivity contribution in [3.8, 4) is 0 Å². The third-order valence-electron chi connectivity index (χ3n) is 2.37. The summed E-state index contributed by atoms with van der Waals surface area (Å²) < 4.78 is 2.03. The first kappa shape index (κ1) is 11.2. The molecule has 0 aromatic carbocycles. The van der Waals surface area contributed by atoms with Crippen LogP contribution in [-0.4, -0.2) is 16.3 Å². The zero-order valence-electron chi connectivity index (χ0n) is 9.67. The summed E-state index contributed by atoms with van der Waals surface area (Å²) in [6.07, 6.45) is 1.96. The van der Waals surface area contributed by atoms with E-state index in [0.29, 0.717) is 5.92 Å². The van der Waals surface area contributed by atoms with E-state index < -0.39 is 0 Å². The maximum absolute atomic E-state index is 4.31. The minimum absolute atomic E-state index is 0.705. The predicted octanol–water partition coefficient (Wildman–Crippen LogP) is 1.96. The van der Waals surface area contributed by atoms with Gasteiger partial charge in [0.15, 0.2) is 0 Å². The second-order valence-electron chi connectivity index (χ2n) is 4.10. The average molecular weight is 195 g/mol. The van der Waals surface area contributed by atoms with Gasteiger partial charge in [-0.3, -0.25) is 4.68 Å². The molecule has 0 spiro atoms. The Kier molecular flexibility index (Phi) is 4.14. The Morgan fingerprint density at radius 2 is 2.21 bits per heavy atom. The molecular formula is C11H21N3. The highest BCUT2D eigenvalue weighted by atomic mass is 15.3. The summed E-state index contributed by atoms with van der Waals surface area (Å²) >= 11 is 0. The van der Waals surface area contributed by atoms with E-state index in [1.54, 1.807) is 0 Å². The molecule has 0 fully saturated rings. The zero-order chi connectivity index (χ0) is 10.6. The van der Waals surface area contributed by atoms with E-state index in [9.17, 15) is 0 Å². The first-order chi connectivity index (χ1) is 6.65. The first-order valence-electron chi connectivity index (χ1n) is 5.37. The van der Waals surface area contributed by atoms with Crippen molar-refractivity contribution >= 4 is 0 Å². The summed E-state index contributed by atoms with van der Waals surface area (Å²) in [5.41, 5.74) is 2.59. The van der Waals surface area contributed by atoms with Gasteiger partial charge in [0, 0.05) is 24.3 Å². The normalized spacial score (nSPS) is 11.2. The van der Waals surface area contributed by atoms with Gasteiger partial charge in [-0.15, -0.1) is 0 Å². The first-order valence-corrected chi connectivity index (χ1v) is 5.37. The Balaban J connectivity index is 2.46. The van der Waals surface area contributed by atoms with Crippen LogP contribution in [0.25, 0.3) is 0 Å². The van der Waals surface area contributed by atoms with Crippen molar-refractivity contribution in [2.45, 2.75) is 40.8 Å². The standard InChI is InChI=1S/C11H21N3/c1-5-14-10(4)11(8-13-14)7-12-6-9(2)3/h8-9,12H,5-7H2,1-4H3. The zero-order valence-corrected chi connectivity index (χ0v) is 9.67. The van der Waals surface area contributed by atoms with Gasteiger partial charge >= 0.3 is 0 Å². The Bertz CT molecular complexity index is 276. The lowest BCUT2D eigenvalue weighted by molar-refractivity contribution is 0.550. The smallest absolute Gasteiger partial charge is 0.0537 e. The summed E-state index contributed by atoms with van der Waals surface area (Å²) in [7, 11) is 0. The van der Waals surface area contributed by atoms with Crippen molar-refractivity contribution in [2.24, 2.45) is 5.92 Å². The van der Waals surface area contributed by atoms with Gasteiger partial charge in [-0.2, -0.15) is 5.10 Å². The van der Waals surface area contributed by atoms with Crippen LogP contribution in [0.1, 0.15) is 32.0 Å². The Morgan fingerprint density at radius 3 is 2.71 bits per heavy atom. The van der Waals surface area contributed by atoms with E-state index in [1.165, 1.54) is 11.3 Å². The molecule has 0 saturated carbocycles. The van der Waals surface area contributed by atoms with E-state index in [2.05, 4.69) is 38.1 Å². The molecule has 1 aromatic heterocycles. The number of hydrogen-bond donors (Lipinski definition) is 1. The minimum atomic E-state index is 0.705. The van der Waals surface area contributed by atoms with Crippen molar-refractivity contribution in [3.05, 3.63) is 17.5 Å². The van der Waals surface area contributed by atoms with E-state index in [1.807, 2.05) is 10.9 Å². The molecule has 0 unspecified atom stereocenters. The minimum Gasteiger partial charge on any atom is -0.312 e. The number of aromatic nitrogens is 2. The van der Waals surface area contributed by atoms with Gasteiger partial charge in [0.2, 0.25) is 0 Å². The van der Waals surface area contributed by atoms with Gasteiger partial charge in [-0.25, -0.2) is 0 Å². The Hall–Kier alpha value is -0.830. The van der Waals surface area contributed by atoms with Crippen LogP contribution in [0.15, 0.2) is 6.20 Å². The largest absolute Gasteiger partial charge is 0.312 e. The summed E-state index contributed by atoms with van der Waals surface area (Å²) in [6, 6.07) is 0. The highest BCUT2D eigenvalue weighted by Gasteiger charge is 2.04. The highest BCUT2D eigenvalue weighted by molar-refractivity contribution is 5.15. The monoisotopic (exact) mass is 195 g/mol. The van der Waals surface area contributed by atoms with Crippen molar-refractivity contribution in [2.75, 3.05) is 6.54 Å². The summed E-state index contributed by atoms with van der Waals surface area (Å²) in [4.78, 5) is 0. The second-order valence-corrected chi connectivity index (χ2v) is 4.10. The van der Waals surface area contributed by atoms with Gasteiger partial charge < -0.3 is 5.32 Å². The van der Waals surface area contributed by atoms with Gasteiger partial charge in [0.1, 0.15) is 0 Å². The number of aryl methyl sites for hydroxylation is 1. The molecule has 0 amide bonds. The molecule has 80 valence electrons. The van der Waals surface area contributed by atoms with Gasteiger partial charge in [0.25, 0.3) is 0 Å². The Morgan fingerprint density at radius 1 is 1.50 bits per heavy atom. The topological polar surface area (TPSA) is 29.9 Å². The van der Waals surface area contributed by atoms with Crippen molar-refractivity contribution in [1.29, 1.82) is 0 Å². The van der Waals surface area contributed by atoms with Crippen LogP contribution in [0.2, 0.25) is 0 Å². The van der Waals surface area contributed by atoms with E-state index in [4.69, 9.17) is 0 Å². The van der Waals surface area contributed by atoms with E-state index in [-0.39, 0.29) is 0 Å². The third-order valence-corrected chi connectivity index (χ3v) is 2.37. The van der Waals surface area contributed by atoms with Crippen LogP contribution in [0, 0.1) is 12.8 Å². The predicted molar refractivity (Wildman–Crippen MR) is 59.2 cm³/mol. The fourth-order valence-electron chi connectivity index (χ4n) is 1.47. The lowest BCUT2D eigenvalue weighted by atomic mass is 10.2. The van der Waals surface area contributed by atoms with Gasteiger partial charge in [0.05, 0.1) is 6.20 Å². The molecule has 0 bridgehead atoms. The maximum Gasteiger partial charge on any atom is 0.0537 e. The summed E-state index contributed by atoms with van der Waals surface area (Å²) in [6.45, 7) is 11.6. The fraction of sp³-hybridized carbons (Fsp3) is 0.727. The molecule has 0 aliphatic rings. The number of nitrogens with zero attached hydrogens (tertiary/aromatic N) is 2. The summed E-state index contributed by atoms with van der Waals surface area (Å²) in [5.74, 6) is 0.705. The molecule has 0 radical (unpaired) electrons. The average Bonchev–Trinajstić information content (AvgIpc) is 2.47. The number of nitrogens with one attached hydrogen (secondary N) is 1. The second kappa shape index (κ2) is 5.15. The molecule has 1 N–H and O–H groups in total. The lowest BCUT2D eigenvalue weighted by Crippen LogP contribution is -2.19. The lowest BCUT2D eigenvalue weighted by Gasteiger charge is -2.07. The SMILES string of the molecule is CCn1ncc(CNCC(C)C)c1C. The van der Waals surface area contributed by atoms with Crippen LogP contribution in [-0.2, 0) is 13.1 Å². The summed E-state index contributed by atoms with van der Waals surface area (Å²) in [5, 5.41) is 7.73. The van der Waals surface area contributed by atoms with E-state index >= 15 is 0 Å². The molecule has 0 saturated heterocycles. The van der Waals surface area contributed by atoms with Crippen molar-refractivity contribution in [1.82, 2.24) is 15.1 Å². The molecule has 0 aliphatic carbocycles. The molecule has 1 aromatic rings. The molecular weight excluding hydrogens is 174 g/mol. The fourth-order valence-corrected chi connectivity index (χ4v) is 1.47. The highest BCUT2D eigenvalue weighted by Crippen LogP contribution is 2.06. The maximum atomic E-state index is 4.31. The van der Waals surface area contributed by atoms with Crippen molar-refractivity contribution in [3.63, 3.8) is 0 Å². The van der Waals surface area contributed by atoms with Crippen molar-refractivity contribution < 1.29 is 0 Å². The van der Waals surface area contributed by atoms with Crippen LogP contribution >= 0.6 is 0 Å². The van der Waals surface area contributed by atoms with Gasteiger partial charge in [-0.05, 0) is 26.3 Å². The number of hydrogen-bond acceptors (Lipinski definition) is 2. The van der Waals surface area contributed by atoms with Crippen LogP contribution in [0.4, 0.5) is 0 Å². The Labute approximate surface area is 86.5 Å². The van der Waals surface area contributed by atoms with Crippen LogP contribution < -0.4 is 5.32 Å². The molecule has 1 heterocycles. The molecule has 3 nitrogen and oxygen atoms in total. The van der Waals surface area contributed by atoms with E-state index in [0.717, 1.165) is 19.6 Å². The molecule has 1 rings (SSSR count). The molecule has 3 heteroatoms. The third kappa shape index (κ3) is 2.84. The number of rotatable bonds is 5. The quantitative estimate of drug-likeness (QED) is 0.778.